The average molecular weight is 1220 g/mol. The first-order valence-electron chi connectivity index (χ1n) is 30.6. The highest BCUT2D eigenvalue weighted by molar-refractivity contribution is 5.79. The summed E-state index contributed by atoms with van der Waals surface area (Å²) in [6, 6.07) is 0. The number of carbonyl (C=O) groups is 1. The Morgan fingerprint density at radius 3 is 1.76 bits per heavy atom. The molecule has 5 heterocycles. The quantitative estimate of drug-likeness (QED) is 0.0513. The Labute approximate surface area is 494 Å². The fraction of sp³-hybridized carbons (Fsp3) is 0.949. The van der Waals surface area contributed by atoms with Crippen LogP contribution in [0.3, 0.4) is 0 Å². The van der Waals surface area contributed by atoms with E-state index in [1.165, 1.54) is 19.4 Å². The van der Waals surface area contributed by atoms with Gasteiger partial charge in [-0.15, -0.1) is 0 Å². The highest BCUT2D eigenvalue weighted by Crippen LogP contribution is 2.76. The summed E-state index contributed by atoms with van der Waals surface area (Å²) in [6.45, 7) is 14.3. The number of ether oxygens (including phenoxy) is 10. The lowest BCUT2D eigenvalue weighted by molar-refractivity contribution is -0.365. The van der Waals surface area contributed by atoms with Crippen LogP contribution in [-0.4, -0.2) is 263 Å². The first-order valence-corrected chi connectivity index (χ1v) is 30.6. The van der Waals surface area contributed by atoms with Gasteiger partial charge in [-0.3, -0.25) is 4.79 Å². The van der Waals surface area contributed by atoms with E-state index in [4.69, 9.17) is 47.4 Å². The molecule has 0 spiro atoms. The Bertz CT molecular complexity index is 2370. The smallest absolute Gasteiger partial charge is 0.315 e. The third-order valence-corrected chi connectivity index (χ3v) is 23.2. The summed E-state index contributed by atoms with van der Waals surface area (Å²) >= 11 is 0. The Balaban J connectivity index is 0.833. The number of carbonyl (C=O) groups excluding carboxylic acids is 1. The molecule has 5 saturated heterocycles. The lowest BCUT2D eigenvalue weighted by atomic mass is 9.33. The molecular formula is C59H96O26. The SMILES string of the molecule is C[C@@H]1O[C@@H](O[C@H]2[C@H](O[C@H]3CC[C@]4(C)[C@H]5CC=C6[C@@H]7CC(C)(C)CC[C@]7(C(=O)O[C@@H]7O[C@H](CO[C@@H]8O[C@H](CO)[C@@H](O[C@@H]9O[C@@H](C)[C@H](O)[C@@H](O)[C@H]9O)[C@H](O)[C@H]8O)[C@@H](O)[C@H](O)[C@H]7O)CC[C@@]6(C)[C@]5(C)CC[C@H]4C3(C)CO)OC[C@H](O)[C@@H]2O)[C@H](O)[C@H](O)[C@H]1O. The summed E-state index contributed by atoms with van der Waals surface area (Å²) in [6.07, 6.45) is -29.6. The summed E-state index contributed by atoms with van der Waals surface area (Å²) < 4.78 is 59.4. The molecule has 33 atom stereocenters. The minimum atomic E-state index is -1.90. The molecule has 10 rings (SSSR count). The van der Waals surface area contributed by atoms with Crippen LogP contribution in [0.2, 0.25) is 0 Å². The number of aliphatic hydroxyl groups excluding tert-OH is 15. The predicted molar refractivity (Wildman–Crippen MR) is 288 cm³/mol. The van der Waals surface area contributed by atoms with Gasteiger partial charge in [0.2, 0.25) is 6.29 Å². The number of esters is 1. The number of hydrogen-bond acceptors (Lipinski definition) is 26. The van der Waals surface area contributed by atoms with Gasteiger partial charge in [-0.2, -0.15) is 0 Å². The molecule has 488 valence electrons. The van der Waals surface area contributed by atoms with Crippen molar-refractivity contribution < 1.29 is 129 Å². The molecule has 10 aliphatic rings. The molecule has 0 amide bonds. The second-order valence-corrected chi connectivity index (χ2v) is 28.5. The highest BCUT2D eigenvalue weighted by Gasteiger charge is 2.71. The van der Waals surface area contributed by atoms with E-state index in [0.29, 0.717) is 51.4 Å². The fourth-order valence-corrected chi connectivity index (χ4v) is 17.5. The molecule has 5 aliphatic heterocycles. The highest BCUT2D eigenvalue weighted by atomic mass is 16.8. The van der Waals surface area contributed by atoms with E-state index in [9.17, 15) is 76.6 Å². The van der Waals surface area contributed by atoms with Crippen LogP contribution in [0.4, 0.5) is 0 Å². The van der Waals surface area contributed by atoms with Crippen molar-refractivity contribution in [2.45, 2.75) is 273 Å². The molecule has 85 heavy (non-hydrogen) atoms. The zero-order chi connectivity index (χ0) is 62.0. The molecule has 15 N–H and O–H groups in total. The van der Waals surface area contributed by atoms with E-state index in [-0.39, 0.29) is 47.2 Å². The van der Waals surface area contributed by atoms with Gasteiger partial charge in [0.15, 0.2) is 25.2 Å². The second kappa shape index (κ2) is 24.4. The molecule has 0 bridgehead atoms. The van der Waals surface area contributed by atoms with Crippen molar-refractivity contribution in [3.63, 3.8) is 0 Å². The Morgan fingerprint density at radius 1 is 0.565 bits per heavy atom. The van der Waals surface area contributed by atoms with Crippen molar-refractivity contribution in [1.82, 2.24) is 0 Å². The Morgan fingerprint density at radius 2 is 1.14 bits per heavy atom. The van der Waals surface area contributed by atoms with Crippen LogP contribution in [0.1, 0.15) is 120 Å². The third kappa shape index (κ3) is 11.1. The van der Waals surface area contributed by atoms with Crippen molar-refractivity contribution in [2.75, 3.05) is 26.4 Å². The van der Waals surface area contributed by atoms with Crippen molar-refractivity contribution in [2.24, 2.45) is 50.2 Å². The van der Waals surface area contributed by atoms with Gasteiger partial charge < -0.3 is 124 Å². The van der Waals surface area contributed by atoms with Crippen LogP contribution in [0, 0.1) is 50.2 Å². The van der Waals surface area contributed by atoms with Gasteiger partial charge in [0.05, 0.1) is 50.2 Å². The number of rotatable bonds is 13. The molecule has 9 fully saturated rings. The van der Waals surface area contributed by atoms with E-state index in [0.717, 1.165) is 12.8 Å². The van der Waals surface area contributed by atoms with Crippen molar-refractivity contribution in [3.05, 3.63) is 11.6 Å². The maximum atomic E-state index is 15.2. The molecular weight excluding hydrogens is 1120 g/mol. The van der Waals surface area contributed by atoms with Gasteiger partial charge >= 0.3 is 5.97 Å². The largest absolute Gasteiger partial charge is 0.432 e. The molecule has 0 aromatic carbocycles. The number of hydrogen-bond donors (Lipinski definition) is 15. The number of fused-ring (bicyclic) bond motifs is 7. The third-order valence-electron chi connectivity index (χ3n) is 23.2. The lowest BCUT2D eigenvalue weighted by Crippen LogP contribution is -2.67. The predicted octanol–water partition coefficient (Wildman–Crippen LogP) is -2.54. The van der Waals surface area contributed by atoms with Gasteiger partial charge in [-0.1, -0.05) is 53.2 Å². The van der Waals surface area contributed by atoms with Gasteiger partial charge in [0.25, 0.3) is 0 Å². The van der Waals surface area contributed by atoms with Gasteiger partial charge in [-0.05, 0) is 117 Å². The summed E-state index contributed by atoms with van der Waals surface area (Å²) in [7, 11) is 0. The van der Waals surface area contributed by atoms with E-state index >= 15 is 4.79 Å². The monoisotopic (exact) mass is 1220 g/mol. The normalized spacial score (nSPS) is 55.3. The molecule has 1 unspecified atom stereocenters. The number of allylic oxidation sites excluding steroid dienone is 2. The van der Waals surface area contributed by atoms with Gasteiger partial charge in [0, 0.05) is 5.41 Å². The van der Waals surface area contributed by atoms with E-state index in [2.05, 4.69) is 40.7 Å². The van der Waals surface area contributed by atoms with Crippen LogP contribution >= 0.6 is 0 Å². The van der Waals surface area contributed by atoms with Crippen LogP contribution in [-0.2, 0) is 52.2 Å². The zero-order valence-electron chi connectivity index (χ0n) is 49.8. The molecule has 0 radical (unpaired) electrons. The van der Waals surface area contributed by atoms with Gasteiger partial charge in [0.1, 0.15) is 104 Å². The molecule has 26 nitrogen and oxygen atoms in total. The maximum Gasteiger partial charge on any atom is 0.315 e. The Kier molecular flexibility index (Phi) is 19.0. The summed E-state index contributed by atoms with van der Waals surface area (Å²) in [5, 5.41) is 163. The number of aliphatic hydroxyl groups is 15. The standard InChI is InChI=1S/C59H96O26/c1-24-34(63)38(67)42(71)49(78-24)83-46-29(20-60)80-48(45(74)41(46)70)77-22-30-37(66)40(69)44(73)51(81-30)85-53(75)59-17-15-54(3,4)19-27(59)26-9-10-32-55(5)13-12-33(56(6,23-61)31(55)11-14-58(32,8)57(26,7)16-18-59)82-52-47(36(65)28(62)21-76-52)84-50-43(72)39(68)35(64)25(2)79-50/h9,24-25,27-52,60-74H,10-23H2,1-8H3/t24-,25-,27-,28-,29+,30+,31+,32+,33-,34-,35-,36-,37+,38+,39+,40-,41+,42+,43+,44+,45+,46+,47+,48+,49-,50-,51-,52-,55-,56?,57+,58+,59-/m0/s1. The average Bonchev–Trinajstić information content (AvgIpc) is 0.692. The molecule has 26 heteroatoms. The molecule has 4 saturated carbocycles. The van der Waals surface area contributed by atoms with E-state index in [1.54, 1.807) is 0 Å². The topological polar surface area (TPSA) is 413 Å². The summed E-state index contributed by atoms with van der Waals surface area (Å²) in [5.74, 6) is -0.861. The molecule has 0 aromatic rings. The van der Waals surface area contributed by atoms with E-state index in [1.807, 2.05) is 6.92 Å². The minimum Gasteiger partial charge on any atom is -0.432 e. The summed E-state index contributed by atoms with van der Waals surface area (Å²) in [4.78, 5) is 15.2. The van der Waals surface area contributed by atoms with E-state index < -0.39 is 189 Å². The minimum absolute atomic E-state index is 0.0670. The second-order valence-electron chi connectivity index (χ2n) is 28.5. The van der Waals surface area contributed by atoms with Crippen LogP contribution < -0.4 is 0 Å². The van der Waals surface area contributed by atoms with Crippen LogP contribution in [0.25, 0.3) is 0 Å². The van der Waals surface area contributed by atoms with Crippen molar-refractivity contribution in [3.8, 4) is 0 Å². The fourth-order valence-electron chi connectivity index (χ4n) is 17.5. The van der Waals surface area contributed by atoms with Crippen molar-refractivity contribution in [1.29, 1.82) is 0 Å². The lowest BCUT2D eigenvalue weighted by Gasteiger charge is -2.71. The molecule has 5 aliphatic carbocycles. The van der Waals surface area contributed by atoms with Gasteiger partial charge in [-0.25, -0.2) is 0 Å². The summed E-state index contributed by atoms with van der Waals surface area (Å²) in [5.41, 5.74) is -1.93. The first kappa shape index (κ1) is 66.2. The van der Waals surface area contributed by atoms with Crippen molar-refractivity contribution >= 4 is 5.97 Å². The zero-order valence-corrected chi connectivity index (χ0v) is 49.8. The van der Waals surface area contributed by atoms with Crippen LogP contribution in [0.5, 0.6) is 0 Å². The molecule has 0 aromatic heterocycles. The first-order chi connectivity index (χ1) is 39.8. The maximum absolute atomic E-state index is 15.2. The van der Waals surface area contributed by atoms with Crippen LogP contribution in [0.15, 0.2) is 11.6 Å². The Hall–Kier alpha value is -1.75.